The fraction of sp³-hybridized carbons (Fsp3) is 0.115. The van der Waals surface area contributed by atoms with Gasteiger partial charge in [-0.1, -0.05) is 18.2 Å². The Morgan fingerprint density at radius 3 is 2.77 bits per heavy atom. The van der Waals surface area contributed by atoms with Crippen molar-refractivity contribution >= 4 is 35.7 Å². The number of hydrogen-bond acceptors (Lipinski definition) is 5. The minimum atomic E-state index is -0.462. The molecule has 174 valence electrons. The summed E-state index contributed by atoms with van der Waals surface area (Å²) in [5.41, 5.74) is 8.50. The number of aromatic nitrogens is 1. The number of benzene rings is 2. The number of allylic oxidation sites excluding steroid dienone is 1. The quantitative estimate of drug-likeness (QED) is 0.432. The van der Waals surface area contributed by atoms with Crippen LogP contribution < -0.4 is 10.6 Å². The molecular formula is C26H20F2N6O. The van der Waals surface area contributed by atoms with E-state index in [4.69, 9.17) is 5.73 Å². The molecule has 0 spiro atoms. The molecule has 0 aliphatic carbocycles. The number of amides is 1. The summed E-state index contributed by atoms with van der Waals surface area (Å²) in [6.07, 6.45) is 5.66. The molecular weight excluding hydrogens is 450 g/mol. The van der Waals surface area contributed by atoms with Crippen LogP contribution in [-0.4, -0.2) is 30.0 Å². The first kappa shape index (κ1) is 23.4. The maximum atomic E-state index is 14.0. The van der Waals surface area contributed by atoms with Gasteiger partial charge in [0.1, 0.15) is 17.7 Å². The van der Waals surface area contributed by atoms with Crippen LogP contribution in [0.5, 0.6) is 0 Å². The summed E-state index contributed by atoms with van der Waals surface area (Å²) in [6, 6.07) is 14.4. The van der Waals surface area contributed by atoms with Crippen LogP contribution in [0.2, 0.25) is 0 Å². The number of nitrogens with two attached hydrogens (primary N) is 1. The van der Waals surface area contributed by atoms with Gasteiger partial charge in [-0.3, -0.25) is 4.79 Å². The predicted octanol–water partition coefficient (Wildman–Crippen LogP) is 4.09. The monoisotopic (exact) mass is 470 g/mol. The van der Waals surface area contributed by atoms with Crippen LogP contribution in [0.15, 0.2) is 70.8 Å². The number of hydrogen-bond donors (Lipinski definition) is 1. The highest BCUT2D eigenvalue weighted by molar-refractivity contribution is 5.99. The van der Waals surface area contributed by atoms with E-state index in [0.717, 1.165) is 18.1 Å². The largest absolute Gasteiger partial charge is 0.390 e. The lowest BCUT2D eigenvalue weighted by Gasteiger charge is -2.19. The topological polar surface area (TPSA) is 108 Å². The smallest absolute Gasteiger partial charge is 0.231 e. The molecule has 1 amide bonds. The second kappa shape index (κ2) is 10.5. The third-order valence-corrected chi connectivity index (χ3v) is 5.44. The van der Waals surface area contributed by atoms with Gasteiger partial charge < -0.3 is 10.6 Å². The van der Waals surface area contributed by atoms with Crippen molar-refractivity contribution in [3.05, 3.63) is 94.7 Å². The van der Waals surface area contributed by atoms with Gasteiger partial charge in [0.2, 0.25) is 5.91 Å². The summed E-state index contributed by atoms with van der Waals surface area (Å²) in [7, 11) is 0. The number of rotatable bonds is 6. The Morgan fingerprint density at radius 1 is 1.23 bits per heavy atom. The average Bonchev–Trinajstić information content (AvgIpc) is 3.30. The number of nitrogens with zero attached hydrogens (tertiary/aromatic N) is 5. The van der Waals surface area contributed by atoms with E-state index >= 15 is 0 Å². The Labute approximate surface area is 200 Å². The number of fused-ring (bicyclic) bond motifs is 1. The Morgan fingerprint density at radius 2 is 2.06 bits per heavy atom. The normalized spacial score (nSPS) is 13.4. The van der Waals surface area contributed by atoms with E-state index in [1.165, 1.54) is 29.3 Å². The minimum Gasteiger partial charge on any atom is -0.390 e. The van der Waals surface area contributed by atoms with Gasteiger partial charge in [-0.25, -0.2) is 23.7 Å². The fourth-order valence-corrected chi connectivity index (χ4v) is 3.85. The first-order valence-corrected chi connectivity index (χ1v) is 10.7. The maximum absolute atomic E-state index is 14.0. The van der Waals surface area contributed by atoms with Crippen molar-refractivity contribution in [3.63, 3.8) is 0 Å². The van der Waals surface area contributed by atoms with Crippen molar-refractivity contribution < 1.29 is 13.6 Å². The molecule has 4 rings (SSSR count). The maximum Gasteiger partial charge on any atom is 0.231 e. The van der Waals surface area contributed by atoms with E-state index in [2.05, 4.69) is 21.0 Å². The van der Waals surface area contributed by atoms with Crippen LogP contribution in [0.25, 0.3) is 5.70 Å². The molecule has 0 saturated heterocycles. The highest BCUT2D eigenvalue weighted by Crippen LogP contribution is 2.35. The molecule has 0 bridgehead atoms. The van der Waals surface area contributed by atoms with Crippen molar-refractivity contribution in [1.82, 2.24) is 4.98 Å². The standard InChI is InChI=1S/C26H20F2N6O/c27-21-5-6-24(32-15-21)31-9-7-23(33-16-30)19-11-18-8-10-34(26(18)20(12-19)14-29)25(35)13-17-3-1-2-4-22(17)28/h1-7,9,11-12,15-16H,8,10,13H2,(H2,30,33)/b23-7-,31-9?. The minimum absolute atomic E-state index is 0.102. The number of carbonyl (C=O) groups is 1. The van der Waals surface area contributed by atoms with Crippen LogP contribution in [0.4, 0.5) is 20.3 Å². The molecule has 3 aromatic rings. The Kier molecular flexibility index (Phi) is 7.02. The van der Waals surface area contributed by atoms with Gasteiger partial charge in [-0.05, 0) is 54.0 Å². The molecule has 7 nitrogen and oxygen atoms in total. The van der Waals surface area contributed by atoms with Crippen LogP contribution in [0.3, 0.4) is 0 Å². The van der Waals surface area contributed by atoms with Crippen LogP contribution in [0.1, 0.15) is 22.3 Å². The number of aliphatic imine (C=N–C) groups is 2. The molecule has 1 aromatic heterocycles. The van der Waals surface area contributed by atoms with Gasteiger partial charge in [0.25, 0.3) is 0 Å². The number of carbonyl (C=O) groups excluding carboxylic acids is 1. The van der Waals surface area contributed by atoms with E-state index in [0.29, 0.717) is 46.9 Å². The summed E-state index contributed by atoms with van der Waals surface area (Å²) in [4.78, 5) is 26.7. The molecule has 2 heterocycles. The predicted molar refractivity (Wildman–Crippen MR) is 130 cm³/mol. The van der Waals surface area contributed by atoms with Gasteiger partial charge >= 0.3 is 0 Å². The zero-order chi connectivity index (χ0) is 24.8. The van der Waals surface area contributed by atoms with Gasteiger partial charge in [0.05, 0.1) is 35.9 Å². The fourth-order valence-electron chi connectivity index (χ4n) is 3.85. The molecule has 0 saturated carbocycles. The molecule has 0 fully saturated rings. The SMILES string of the molecule is N#Cc1cc(/C(=C/C=Nc2ccc(F)cn2)N=CN)cc2c1N(C(=O)Cc1ccccc1F)CC2. The number of pyridine rings is 1. The van der Waals surface area contributed by atoms with Gasteiger partial charge in [0.15, 0.2) is 5.82 Å². The molecule has 2 aromatic carbocycles. The van der Waals surface area contributed by atoms with Crippen LogP contribution >= 0.6 is 0 Å². The third-order valence-electron chi connectivity index (χ3n) is 5.44. The number of halogens is 2. The second-order valence-electron chi connectivity index (χ2n) is 7.65. The van der Waals surface area contributed by atoms with E-state index in [1.54, 1.807) is 30.3 Å². The summed E-state index contributed by atoms with van der Waals surface area (Å²) in [5, 5.41) is 9.82. The lowest BCUT2D eigenvalue weighted by atomic mass is 10.0. The molecule has 0 radical (unpaired) electrons. The van der Waals surface area contributed by atoms with Gasteiger partial charge in [-0.15, -0.1) is 0 Å². The van der Waals surface area contributed by atoms with Crippen LogP contribution in [0, 0.1) is 23.0 Å². The highest BCUT2D eigenvalue weighted by Gasteiger charge is 2.29. The van der Waals surface area contributed by atoms with Gasteiger partial charge in [-0.2, -0.15) is 5.26 Å². The zero-order valence-corrected chi connectivity index (χ0v) is 18.5. The first-order chi connectivity index (χ1) is 17.0. The van der Waals surface area contributed by atoms with Crippen molar-refractivity contribution in [2.45, 2.75) is 12.8 Å². The Bertz CT molecular complexity index is 1390. The lowest BCUT2D eigenvalue weighted by Crippen LogP contribution is -2.31. The third kappa shape index (κ3) is 5.28. The highest BCUT2D eigenvalue weighted by atomic mass is 19.1. The molecule has 2 N–H and O–H groups in total. The molecule has 0 atom stereocenters. The van der Waals surface area contributed by atoms with Gasteiger partial charge in [0, 0.05) is 18.3 Å². The summed E-state index contributed by atoms with van der Waals surface area (Å²) in [6.45, 7) is 0.387. The van der Waals surface area contributed by atoms with Crippen molar-refractivity contribution in [2.24, 2.45) is 15.7 Å². The Balaban J connectivity index is 1.63. The summed E-state index contributed by atoms with van der Waals surface area (Å²) >= 11 is 0. The second-order valence-corrected chi connectivity index (χ2v) is 7.65. The van der Waals surface area contributed by atoms with E-state index in [1.807, 2.05) is 6.07 Å². The van der Waals surface area contributed by atoms with Crippen molar-refractivity contribution in [1.29, 1.82) is 5.26 Å². The van der Waals surface area contributed by atoms with E-state index in [-0.39, 0.29) is 12.3 Å². The first-order valence-electron chi connectivity index (χ1n) is 10.7. The lowest BCUT2D eigenvalue weighted by molar-refractivity contribution is -0.117. The Hall–Kier alpha value is -4.71. The van der Waals surface area contributed by atoms with Crippen molar-refractivity contribution in [3.8, 4) is 6.07 Å². The summed E-state index contributed by atoms with van der Waals surface area (Å²) < 4.78 is 27.1. The summed E-state index contributed by atoms with van der Waals surface area (Å²) in [5.74, 6) is -0.873. The van der Waals surface area contributed by atoms with E-state index < -0.39 is 11.6 Å². The molecule has 1 aliphatic rings. The molecule has 1 aliphatic heterocycles. The average molecular weight is 470 g/mol. The van der Waals surface area contributed by atoms with Crippen LogP contribution in [-0.2, 0) is 17.6 Å². The van der Waals surface area contributed by atoms with Crippen molar-refractivity contribution in [2.75, 3.05) is 11.4 Å². The molecule has 0 unspecified atom stereocenters. The van der Waals surface area contributed by atoms with E-state index in [9.17, 15) is 18.8 Å². The number of nitriles is 1. The molecule has 9 heteroatoms. The number of anilines is 1. The zero-order valence-electron chi connectivity index (χ0n) is 18.5. The molecule has 35 heavy (non-hydrogen) atoms.